The summed E-state index contributed by atoms with van der Waals surface area (Å²) in [4.78, 5) is 32.2. The minimum absolute atomic E-state index is 0.0735. The first kappa shape index (κ1) is 17.7. The summed E-state index contributed by atoms with van der Waals surface area (Å²) in [6.07, 6.45) is 10.4. The topological polar surface area (TPSA) is 55.2 Å². The summed E-state index contributed by atoms with van der Waals surface area (Å²) in [7, 11) is 0. The van der Waals surface area contributed by atoms with Crippen LogP contribution in [-0.2, 0) is 11.3 Å². The molecular weight excluding hydrogens is 350 g/mol. The molecule has 146 valence electrons. The molecule has 5 nitrogen and oxygen atoms in total. The van der Waals surface area contributed by atoms with E-state index in [0.29, 0.717) is 18.4 Å². The molecule has 1 amide bonds. The van der Waals surface area contributed by atoms with Crippen LogP contribution in [0.3, 0.4) is 0 Å². The van der Waals surface area contributed by atoms with Gasteiger partial charge in [0.25, 0.3) is 5.56 Å². The van der Waals surface area contributed by atoms with Crippen LogP contribution in [0.1, 0.15) is 50.1 Å². The summed E-state index contributed by atoms with van der Waals surface area (Å²) < 4.78 is 1.96. The normalized spacial score (nSPS) is 24.6. The Labute approximate surface area is 165 Å². The highest BCUT2D eigenvalue weighted by Gasteiger charge is 2.39. The van der Waals surface area contributed by atoms with Gasteiger partial charge in [0.2, 0.25) is 5.91 Å². The van der Waals surface area contributed by atoms with Crippen LogP contribution in [0.25, 0.3) is 11.1 Å². The van der Waals surface area contributed by atoms with E-state index in [2.05, 4.69) is 9.88 Å². The number of hydrogen-bond donors (Lipinski definition) is 0. The standard InChI is InChI=1S/C23H27N3O2/c27-21-9-8-20(18-7-4-10-24-12-18)22-19-11-16(14-26(21)22)13-25(15-19)23(28)17-5-2-1-3-6-17/h4,7-10,12,16-17,19H,1-3,5-6,11,13-15H2. The Hall–Kier alpha value is -2.43. The maximum atomic E-state index is 13.2. The number of hydrogen-bond acceptors (Lipinski definition) is 3. The van der Waals surface area contributed by atoms with E-state index in [9.17, 15) is 9.59 Å². The molecule has 1 saturated heterocycles. The number of carbonyl (C=O) groups is 1. The van der Waals surface area contributed by atoms with Gasteiger partial charge in [0, 0.05) is 66.8 Å². The molecule has 0 spiro atoms. The van der Waals surface area contributed by atoms with Gasteiger partial charge in [-0.1, -0.05) is 25.3 Å². The van der Waals surface area contributed by atoms with Gasteiger partial charge in [-0.15, -0.1) is 0 Å². The number of rotatable bonds is 2. The highest BCUT2D eigenvalue weighted by atomic mass is 16.2. The second-order valence-corrected chi connectivity index (χ2v) is 8.70. The molecule has 0 N–H and O–H groups in total. The Morgan fingerprint density at radius 1 is 1.04 bits per heavy atom. The van der Waals surface area contributed by atoms with Crippen molar-refractivity contribution in [2.24, 2.45) is 11.8 Å². The van der Waals surface area contributed by atoms with E-state index in [-0.39, 0.29) is 17.4 Å². The molecule has 1 aliphatic carbocycles. The predicted octanol–water partition coefficient (Wildman–Crippen LogP) is 3.44. The largest absolute Gasteiger partial charge is 0.341 e. The Balaban J connectivity index is 1.49. The number of piperidine rings is 1. The summed E-state index contributed by atoms with van der Waals surface area (Å²) in [6.45, 7) is 2.25. The first-order valence-corrected chi connectivity index (χ1v) is 10.6. The monoisotopic (exact) mass is 377 g/mol. The van der Waals surface area contributed by atoms with E-state index in [1.54, 1.807) is 12.3 Å². The number of fused-ring (bicyclic) bond motifs is 4. The number of likely N-dealkylation sites (tertiary alicyclic amines) is 1. The van der Waals surface area contributed by atoms with E-state index in [1.807, 2.05) is 29.0 Å². The van der Waals surface area contributed by atoms with Crippen molar-refractivity contribution in [3.8, 4) is 11.1 Å². The third-order valence-electron chi connectivity index (χ3n) is 6.83. The quantitative estimate of drug-likeness (QED) is 0.806. The van der Waals surface area contributed by atoms with Gasteiger partial charge in [-0.2, -0.15) is 0 Å². The Bertz CT molecular complexity index is 931. The lowest BCUT2D eigenvalue weighted by atomic mass is 9.79. The van der Waals surface area contributed by atoms with Gasteiger partial charge in [-0.05, 0) is 37.3 Å². The zero-order chi connectivity index (χ0) is 19.1. The van der Waals surface area contributed by atoms with Gasteiger partial charge in [0.05, 0.1) is 0 Å². The number of carbonyl (C=O) groups excluding carboxylic acids is 1. The molecule has 4 heterocycles. The first-order chi connectivity index (χ1) is 13.7. The molecule has 3 aliphatic rings. The van der Waals surface area contributed by atoms with Crippen molar-refractivity contribution in [1.29, 1.82) is 0 Å². The third-order valence-corrected chi connectivity index (χ3v) is 6.83. The molecule has 2 unspecified atom stereocenters. The van der Waals surface area contributed by atoms with Crippen LogP contribution in [0.4, 0.5) is 0 Å². The second kappa shape index (κ2) is 7.19. The van der Waals surface area contributed by atoms with Crippen molar-refractivity contribution in [2.75, 3.05) is 13.1 Å². The fourth-order valence-corrected chi connectivity index (χ4v) is 5.57. The van der Waals surface area contributed by atoms with Gasteiger partial charge in [-0.25, -0.2) is 0 Å². The van der Waals surface area contributed by atoms with E-state index in [0.717, 1.165) is 49.2 Å². The van der Waals surface area contributed by atoms with Crippen molar-refractivity contribution in [2.45, 2.75) is 51.0 Å². The summed E-state index contributed by atoms with van der Waals surface area (Å²) in [5, 5.41) is 0. The highest BCUT2D eigenvalue weighted by molar-refractivity contribution is 5.79. The number of amides is 1. The Kier molecular flexibility index (Phi) is 4.53. The molecule has 2 aromatic heterocycles. The molecule has 5 rings (SSSR count). The molecule has 0 aromatic carbocycles. The van der Waals surface area contributed by atoms with E-state index in [1.165, 1.54) is 19.3 Å². The number of nitrogens with zero attached hydrogens (tertiary/aromatic N) is 3. The highest BCUT2D eigenvalue weighted by Crippen LogP contribution is 2.40. The number of pyridine rings is 2. The smallest absolute Gasteiger partial charge is 0.250 e. The molecule has 28 heavy (non-hydrogen) atoms. The average molecular weight is 377 g/mol. The molecule has 2 bridgehead atoms. The van der Waals surface area contributed by atoms with Crippen molar-refractivity contribution >= 4 is 5.91 Å². The van der Waals surface area contributed by atoms with Crippen LogP contribution >= 0.6 is 0 Å². The molecule has 2 fully saturated rings. The molecule has 2 aromatic rings. The molecule has 2 atom stereocenters. The van der Waals surface area contributed by atoms with Crippen LogP contribution in [0.2, 0.25) is 0 Å². The van der Waals surface area contributed by atoms with Gasteiger partial charge >= 0.3 is 0 Å². The van der Waals surface area contributed by atoms with Crippen molar-refractivity contribution in [3.63, 3.8) is 0 Å². The molecule has 1 saturated carbocycles. The summed E-state index contributed by atoms with van der Waals surface area (Å²) in [6, 6.07) is 7.60. The Morgan fingerprint density at radius 2 is 1.89 bits per heavy atom. The summed E-state index contributed by atoms with van der Waals surface area (Å²) in [5.74, 6) is 1.16. The maximum absolute atomic E-state index is 13.2. The summed E-state index contributed by atoms with van der Waals surface area (Å²) in [5.41, 5.74) is 3.30. The van der Waals surface area contributed by atoms with Gasteiger partial charge in [0.15, 0.2) is 0 Å². The fraction of sp³-hybridized carbons (Fsp3) is 0.522. The lowest BCUT2D eigenvalue weighted by Crippen LogP contribution is -2.51. The maximum Gasteiger partial charge on any atom is 0.250 e. The minimum Gasteiger partial charge on any atom is -0.341 e. The van der Waals surface area contributed by atoms with Crippen LogP contribution in [-0.4, -0.2) is 33.4 Å². The minimum atomic E-state index is 0.0735. The zero-order valence-electron chi connectivity index (χ0n) is 16.2. The lowest BCUT2D eigenvalue weighted by molar-refractivity contribution is -0.139. The van der Waals surface area contributed by atoms with E-state index < -0.39 is 0 Å². The second-order valence-electron chi connectivity index (χ2n) is 8.70. The molecule has 2 aliphatic heterocycles. The van der Waals surface area contributed by atoms with Gasteiger partial charge < -0.3 is 9.47 Å². The predicted molar refractivity (Wildman–Crippen MR) is 108 cm³/mol. The van der Waals surface area contributed by atoms with E-state index in [4.69, 9.17) is 0 Å². The van der Waals surface area contributed by atoms with E-state index >= 15 is 0 Å². The molecule has 0 radical (unpaired) electrons. The fourth-order valence-electron chi connectivity index (χ4n) is 5.57. The van der Waals surface area contributed by atoms with Crippen LogP contribution in [0, 0.1) is 11.8 Å². The molecule has 5 heteroatoms. The van der Waals surface area contributed by atoms with Crippen molar-refractivity contribution in [3.05, 3.63) is 52.7 Å². The average Bonchev–Trinajstić information content (AvgIpc) is 2.75. The van der Waals surface area contributed by atoms with Crippen LogP contribution in [0.5, 0.6) is 0 Å². The number of aromatic nitrogens is 2. The third kappa shape index (κ3) is 3.07. The van der Waals surface area contributed by atoms with Crippen LogP contribution in [0.15, 0.2) is 41.5 Å². The first-order valence-electron chi connectivity index (χ1n) is 10.6. The van der Waals surface area contributed by atoms with Gasteiger partial charge in [0.1, 0.15) is 0 Å². The van der Waals surface area contributed by atoms with Gasteiger partial charge in [-0.3, -0.25) is 14.6 Å². The summed E-state index contributed by atoms with van der Waals surface area (Å²) >= 11 is 0. The van der Waals surface area contributed by atoms with Crippen molar-refractivity contribution in [1.82, 2.24) is 14.5 Å². The van der Waals surface area contributed by atoms with Crippen LogP contribution < -0.4 is 5.56 Å². The van der Waals surface area contributed by atoms with Crippen molar-refractivity contribution < 1.29 is 4.79 Å². The Morgan fingerprint density at radius 3 is 2.68 bits per heavy atom. The lowest BCUT2D eigenvalue weighted by Gasteiger charge is -2.44. The SMILES string of the molecule is O=C(C1CCCCC1)N1CC2CC(C1)c1c(-c3cccnc3)ccc(=O)n1C2. The molecular formula is C23H27N3O2. The zero-order valence-corrected chi connectivity index (χ0v) is 16.2.